The lowest BCUT2D eigenvalue weighted by atomic mass is 9.78. The molecule has 0 aliphatic carbocycles. The Labute approximate surface area is 344 Å². The second kappa shape index (κ2) is 21.2. The smallest absolute Gasteiger partial charge is 0.240 e. The molecule has 3 aromatic rings. The van der Waals surface area contributed by atoms with Gasteiger partial charge in [-0.2, -0.15) is 0 Å². The van der Waals surface area contributed by atoms with Crippen LogP contribution in [0.2, 0.25) is 0 Å². The molecule has 3 aliphatic rings. The van der Waals surface area contributed by atoms with Gasteiger partial charge < -0.3 is 29.0 Å². The fourth-order valence-corrected chi connectivity index (χ4v) is 9.66. The third-order valence-electron chi connectivity index (χ3n) is 11.7. The Kier molecular flexibility index (Phi) is 16.1. The zero-order chi connectivity index (χ0) is 41.1. The van der Waals surface area contributed by atoms with Crippen LogP contribution in [-0.4, -0.2) is 76.1 Å². The average Bonchev–Trinajstić information content (AvgIpc) is 3.23. The molecule has 11 nitrogen and oxygen atoms in total. The molecule has 12 heteroatoms. The zero-order valence-corrected chi connectivity index (χ0v) is 35.2. The number of benzene rings is 3. The highest BCUT2D eigenvalue weighted by atomic mass is 32.2. The molecule has 3 aliphatic heterocycles. The highest BCUT2D eigenvalue weighted by Crippen LogP contribution is 2.42. The summed E-state index contributed by atoms with van der Waals surface area (Å²) in [5.74, 6) is -1.59. The number of hydrogen-bond donors (Lipinski definition) is 2. The normalized spacial score (nSPS) is 28.7. The average molecular weight is 819 g/mol. The molecule has 0 radical (unpaired) electrons. The molecule has 10 atom stereocenters. The van der Waals surface area contributed by atoms with E-state index in [0.29, 0.717) is 18.4 Å². The van der Waals surface area contributed by atoms with Gasteiger partial charge in [0.2, 0.25) is 15.9 Å². The second-order valence-electron chi connectivity index (χ2n) is 16.1. The van der Waals surface area contributed by atoms with Gasteiger partial charge in [-0.3, -0.25) is 9.59 Å². The van der Waals surface area contributed by atoms with E-state index in [4.69, 9.17) is 23.7 Å². The summed E-state index contributed by atoms with van der Waals surface area (Å²) >= 11 is 0. The molecule has 3 fully saturated rings. The van der Waals surface area contributed by atoms with Gasteiger partial charge in [-0.1, -0.05) is 144 Å². The Hall–Kier alpha value is -3.49. The van der Waals surface area contributed by atoms with Gasteiger partial charge in [-0.05, 0) is 31.9 Å². The standard InChI is InChI=1S/C46H62N2O9S/c1-5-7-8-9-10-11-12-19-24-39(49)47-41-37(6-2)53-29-36(48-58(51,52)35-27-25-31(3)26-28-35)44(41)57-46-40(42(50)33-20-15-13-16-21-33)32(4)43-38(55-46)30-54-45(56-43)34-22-17-14-18-23-34/h13-18,20-23,25-28,32,36-38,40-41,43-46,48H,5-12,19,24,29-30H2,1-4H3,(H,47,49)/t32-,36?,37?,38?,40?,41+,43-,44-,45?,46+/m1/s1. The number of carbonyl (C=O) groups is 2. The SMILES string of the molecule is CCCCCCCCCCC(=O)N[C@H]1C(CC)OCC(NS(=O)(=O)c2ccc(C)cc2)[C@H]1O[C@@H]1OC2COC(c3ccccc3)O[C@@H]2[C@H](C)C1C(=O)c1ccccc1. The predicted octanol–water partition coefficient (Wildman–Crippen LogP) is 7.83. The fraction of sp³-hybridized carbons (Fsp3) is 0.565. The van der Waals surface area contributed by atoms with Gasteiger partial charge in [0.15, 0.2) is 18.4 Å². The highest BCUT2D eigenvalue weighted by molar-refractivity contribution is 7.89. The summed E-state index contributed by atoms with van der Waals surface area (Å²) in [6.45, 7) is 8.19. The first-order valence-electron chi connectivity index (χ1n) is 21.3. The minimum absolute atomic E-state index is 0.0186. The number of nitrogens with one attached hydrogen (secondary N) is 2. The molecule has 58 heavy (non-hydrogen) atoms. The molecule has 0 spiro atoms. The summed E-state index contributed by atoms with van der Waals surface area (Å²) < 4.78 is 63.4. The van der Waals surface area contributed by atoms with Gasteiger partial charge in [0.05, 0.1) is 48.3 Å². The van der Waals surface area contributed by atoms with Crippen LogP contribution in [0.5, 0.6) is 0 Å². The van der Waals surface area contributed by atoms with Crippen LogP contribution in [0.25, 0.3) is 0 Å². The van der Waals surface area contributed by atoms with Crippen LogP contribution in [0.4, 0.5) is 0 Å². The number of ether oxygens (including phenoxy) is 5. The van der Waals surface area contributed by atoms with E-state index in [9.17, 15) is 18.0 Å². The van der Waals surface area contributed by atoms with Crippen molar-refractivity contribution in [1.29, 1.82) is 0 Å². The summed E-state index contributed by atoms with van der Waals surface area (Å²) in [7, 11) is -4.06. The Morgan fingerprint density at radius 3 is 2.12 bits per heavy atom. The van der Waals surface area contributed by atoms with Crippen LogP contribution in [0.3, 0.4) is 0 Å². The van der Waals surface area contributed by atoms with Crippen LogP contribution in [0.1, 0.15) is 113 Å². The first-order valence-corrected chi connectivity index (χ1v) is 22.8. The van der Waals surface area contributed by atoms with Gasteiger partial charge in [0, 0.05) is 23.5 Å². The van der Waals surface area contributed by atoms with Crippen LogP contribution in [-0.2, 0) is 38.5 Å². The summed E-state index contributed by atoms with van der Waals surface area (Å²) in [4.78, 5) is 28.4. The van der Waals surface area contributed by atoms with Crippen LogP contribution in [0, 0.1) is 18.8 Å². The third-order valence-corrected chi connectivity index (χ3v) is 13.2. The summed E-state index contributed by atoms with van der Waals surface area (Å²) in [6.07, 6.45) is 5.35. The van der Waals surface area contributed by atoms with E-state index in [0.717, 1.165) is 36.8 Å². The van der Waals surface area contributed by atoms with Crippen LogP contribution < -0.4 is 10.0 Å². The number of rotatable bonds is 19. The lowest BCUT2D eigenvalue weighted by molar-refractivity contribution is -0.347. The number of sulfonamides is 1. The lowest BCUT2D eigenvalue weighted by Gasteiger charge is -2.50. The maximum atomic E-state index is 14.6. The second-order valence-corrected chi connectivity index (χ2v) is 17.8. The van der Waals surface area contributed by atoms with Crippen molar-refractivity contribution in [1.82, 2.24) is 10.0 Å². The Bertz CT molecular complexity index is 1850. The number of carbonyl (C=O) groups excluding carboxylic acids is 2. The summed E-state index contributed by atoms with van der Waals surface area (Å²) in [5, 5.41) is 3.19. The highest BCUT2D eigenvalue weighted by Gasteiger charge is 2.53. The van der Waals surface area contributed by atoms with Gasteiger partial charge in [0.1, 0.15) is 12.2 Å². The topological polar surface area (TPSA) is 138 Å². The van der Waals surface area contributed by atoms with Crippen molar-refractivity contribution in [3.05, 3.63) is 102 Å². The molecule has 0 bridgehead atoms. The van der Waals surface area contributed by atoms with Crippen LogP contribution in [0.15, 0.2) is 89.8 Å². The van der Waals surface area contributed by atoms with E-state index >= 15 is 0 Å². The summed E-state index contributed by atoms with van der Waals surface area (Å²) in [6, 6.07) is 23.6. The first-order chi connectivity index (χ1) is 28.1. The van der Waals surface area contributed by atoms with Crippen LogP contribution >= 0.6 is 0 Å². The molecular weight excluding hydrogens is 757 g/mol. The third kappa shape index (κ3) is 11.2. The maximum Gasteiger partial charge on any atom is 0.240 e. The molecule has 0 aromatic heterocycles. The predicted molar refractivity (Wildman–Crippen MR) is 221 cm³/mol. The first kappa shape index (κ1) is 44.1. The van der Waals surface area contributed by atoms with Gasteiger partial charge in [-0.15, -0.1) is 0 Å². The summed E-state index contributed by atoms with van der Waals surface area (Å²) in [5.41, 5.74) is 2.28. The van der Waals surface area contributed by atoms with E-state index < -0.39 is 70.9 Å². The molecule has 3 aromatic carbocycles. The van der Waals surface area contributed by atoms with E-state index in [1.807, 2.05) is 69.3 Å². The fourth-order valence-electron chi connectivity index (χ4n) is 8.43. The molecule has 6 rings (SSSR count). The van der Waals surface area contributed by atoms with Gasteiger partial charge in [-0.25, -0.2) is 13.1 Å². The maximum absolute atomic E-state index is 14.6. The van der Waals surface area contributed by atoms with E-state index in [1.165, 1.54) is 25.7 Å². The monoisotopic (exact) mass is 818 g/mol. The quantitative estimate of drug-likeness (QED) is 0.0916. The Morgan fingerprint density at radius 2 is 1.45 bits per heavy atom. The number of fused-ring (bicyclic) bond motifs is 1. The Morgan fingerprint density at radius 1 is 0.793 bits per heavy atom. The molecule has 3 heterocycles. The van der Waals surface area contributed by atoms with Crippen molar-refractivity contribution >= 4 is 21.7 Å². The number of ketones is 1. The van der Waals surface area contributed by atoms with Crippen molar-refractivity contribution in [2.75, 3.05) is 13.2 Å². The van der Waals surface area contributed by atoms with Crippen molar-refractivity contribution in [3.8, 4) is 0 Å². The molecular formula is C46H62N2O9S. The number of unbranched alkanes of at least 4 members (excludes halogenated alkanes) is 7. The number of hydrogen-bond acceptors (Lipinski definition) is 9. The van der Waals surface area contributed by atoms with Gasteiger partial charge >= 0.3 is 0 Å². The van der Waals surface area contributed by atoms with Crippen molar-refractivity contribution < 1.29 is 41.7 Å². The van der Waals surface area contributed by atoms with Crippen molar-refractivity contribution in [2.45, 2.75) is 146 Å². The van der Waals surface area contributed by atoms with Crippen molar-refractivity contribution in [3.63, 3.8) is 0 Å². The van der Waals surface area contributed by atoms with E-state index in [-0.39, 0.29) is 29.8 Å². The Balaban J connectivity index is 1.28. The molecule has 3 saturated heterocycles. The van der Waals surface area contributed by atoms with Gasteiger partial charge in [0.25, 0.3) is 0 Å². The van der Waals surface area contributed by atoms with E-state index in [1.54, 1.807) is 36.4 Å². The lowest BCUT2D eigenvalue weighted by Crippen LogP contribution is -2.67. The number of aryl methyl sites for hydroxylation is 1. The minimum atomic E-state index is -4.06. The largest absolute Gasteiger partial charge is 0.374 e. The van der Waals surface area contributed by atoms with Crippen molar-refractivity contribution in [2.24, 2.45) is 11.8 Å². The van der Waals surface area contributed by atoms with E-state index in [2.05, 4.69) is 17.0 Å². The minimum Gasteiger partial charge on any atom is -0.374 e. The zero-order valence-electron chi connectivity index (χ0n) is 34.4. The number of Topliss-reactive ketones (excluding diaryl/α,β-unsaturated/α-hetero) is 1. The molecule has 316 valence electrons. The molecule has 0 saturated carbocycles. The molecule has 5 unspecified atom stereocenters. The molecule has 2 N–H and O–H groups in total. The number of amides is 1. The molecule has 1 amide bonds.